The van der Waals surface area contributed by atoms with Crippen LogP contribution < -0.4 is 4.57 Å². The van der Waals surface area contributed by atoms with Crippen molar-refractivity contribution in [2.24, 2.45) is 12.5 Å². The van der Waals surface area contributed by atoms with Gasteiger partial charge in [-0.25, -0.2) is 4.57 Å². The van der Waals surface area contributed by atoms with Gasteiger partial charge in [0.2, 0.25) is 5.52 Å². The minimum atomic E-state index is 0.215. The van der Waals surface area contributed by atoms with Gasteiger partial charge in [-0.05, 0) is 65.5 Å². The molecule has 37 heavy (non-hydrogen) atoms. The third kappa shape index (κ3) is 3.15. The lowest BCUT2D eigenvalue weighted by atomic mass is 9.87. The fraction of sp³-hybridized carbons (Fsp3) is 0.229. The van der Waals surface area contributed by atoms with Gasteiger partial charge >= 0.3 is 0 Å². The largest absolute Gasteiger partial charge is 0.307 e. The number of benzene rings is 4. The Labute approximate surface area is 218 Å². The smallest absolute Gasteiger partial charge is 0.224 e. The number of aryl methyl sites for hydroxylation is 3. The number of para-hydroxylation sites is 1. The molecule has 0 aliphatic carbocycles. The SMILES string of the molecule is Cc1cc2c3cccc(-c4ccccc4)c3n3c4cc(CC(C)(C)C)cc5cc[n+](C)c(c(c1C)c23)c54. The van der Waals surface area contributed by atoms with E-state index in [-0.39, 0.29) is 5.41 Å². The number of rotatable bonds is 2. The maximum absolute atomic E-state index is 2.59. The Kier molecular flexibility index (Phi) is 4.55. The Balaban J connectivity index is 1.83. The molecule has 0 saturated heterocycles. The molecule has 0 N–H and O–H groups in total. The molecule has 3 aromatic heterocycles. The molecular weight excluding hydrogens is 448 g/mol. The highest BCUT2D eigenvalue weighted by molar-refractivity contribution is 6.27. The first-order valence-electron chi connectivity index (χ1n) is 13.3. The molecule has 0 saturated carbocycles. The molecule has 2 heteroatoms. The molecule has 7 rings (SSSR count). The monoisotopic (exact) mass is 481 g/mol. The molecule has 2 nitrogen and oxygen atoms in total. The first-order chi connectivity index (χ1) is 17.7. The lowest BCUT2D eigenvalue weighted by Gasteiger charge is -2.20. The standard InChI is InChI=1S/C35H33N2/c1-21-17-28-27-14-10-13-26(24-11-8-7-9-12-24)32(27)37-29-19-23(20-35(3,4)5)18-25-15-16-36(6)34(31(25)29)30(22(21)2)33(28)37/h7-19H,20H2,1-6H3/q+1. The van der Waals surface area contributed by atoms with Gasteiger partial charge in [-0.1, -0.05) is 75.4 Å². The van der Waals surface area contributed by atoms with Gasteiger partial charge in [0.1, 0.15) is 7.05 Å². The van der Waals surface area contributed by atoms with E-state index in [0.29, 0.717) is 0 Å². The van der Waals surface area contributed by atoms with Gasteiger partial charge in [0, 0.05) is 22.4 Å². The van der Waals surface area contributed by atoms with Gasteiger partial charge in [-0.2, -0.15) is 0 Å². The topological polar surface area (TPSA) is 8.29 Å². The zero-order valence-corrected chi connectivity index (χ0v) is 22.6. The highest BCUT2D eigenvalue weighted by Crippen LogP contribution is 2.44. The number of aromatic nitrogens is 2. The summed E-state index contributed by atoms with van der Waals surface area (Å²) in [5, 5.41) is 6.71. The van der Waals surface area contributed by atoms with Crippen LogP contribution in [0.3, 0.4) is 0 Å². The molecule has 4 aromatic carbocycles. The third-order valence-electron chi connectivity index (χ3n) is 8.16. The Morgan fingerprint density at radius 2 is 1.57 bits per heavy atom. The van der Waals surface area contributed by atoms with Gasteiger partial charge in [0.25, 0.3) is 0 Å². The summed E-state index contributed by atoms with van der Waals surface area (Å²) in [5.41, 5.74) is 12.1. The summed E-state index contributed by atoms with van der Waals surface area (Å²) in [5.74, 6) is 0. The second-order valence-corrected chi connectivity index (χ2v) is 12.1. The molecule has 0 amide bonds. The average molecular weight is 482 g/mol. The summed E-state index contributed by atoms with van der Waals surface area (Å²) in [4.78, 5) is 0. The maximum atomic E-state index is 2.59. The molecular formula is C35H33N2+. The van der Waals surface area contributed by atoms with E-state index in [1.807, 2.05) is 0 Å². The Bertz CT molecular complexity index is 2000. The third-order valence-corrected chi connectivity index (χ3v) is 8.16. The molecule has 0 unspecified atom stereocenters. The second kappa shape index (κ2) is 7.55. The van der Waals surface area contributed by atoms with Crippen molar-refractivity contribution in [2.75, 3.05) is 0 Å². The molecule has 0 spiro atoms. The van der Waals surface area contributed by atoms with Gasteiger partial charge in [-0.3, -0.25) is 0 Å². The van der Waals surface area contributed by atoms with Gasteiger partial charge in [0.15, 0.2) is 6.20 Å². The van der Waals surface area contributed by atoms with Crippen molar-refractivity contribution in [3.63, 3.8) is 0 Å². The van der Waals surface area contributed by atoms with Crippen molar-refractivity contribution in [1.29, 1.82) is 0 Å². The molecule has 0 aliphatic heterocycles. The van der Waals surface area contributed by atoms with Crippen molar-refractivity contribution in [1.82, 2.24) is 4.40 Å². The Morgan fingerprint density at radius 1 is 0.784 bits per heavy atom. The van der Waals surface area contributed by atoms with Crippen LogP contribution in [0, 0.1) is 19.3 Å². The van der Waals surface area contributed by atoms with E-state index < -0.39 is 0 Å². The fourth-order valence-corrected chi connectivity index (χ4v) is 6.57. The molecule has 0 radical (unpaired) electrons. The summed E-state index contributed by atoms with van der Waals surface area (Å²) in [7, 11) is 2.20. The average Bonchev–Trinajstić information content (AvgIpc) is 3.19. The Hall–Kier alpha value is -3.91. The normalized spacial score (nSPS) is 12.7. The predicted molar refractivity (Wildman–Crippen MR) is 158 cm³/mol. The Morgan fingerprint density at radius 3 is 2.32 bits per heavy atom. The van der Waals surface area contributed by atoms with Crippen LogP contribution in [-0.4, -0.2) is 4.40 Å². The van der Waals surface area contributed by atoms with E-state index in [0.717, 1.165) is 6.42 Å². The maximum Gasteiger partial charge on any atom is 0.224 e. The van der Waals surface area contributed by atoms with Crippen molar-refractivity contribution >= 4 is 49.0 Å². The van der Waals surface area contributed by atoms with Gasteiger partial charge < -0.3 is 4.40 Å². The summed E-state index contributed by atoms with van der Waals surface area (Å²) < 4.78 is 4.92. The van der Waals surface area contributed by atoms with Gasteiger partial charge in [0.05, 0.1) is 27.3 Å². The van der Waals surface area contributed by atoms with Crippen LogP contribution in [0.15, 0.2) is 79.0 Å². The van der Waals surface area contributed by atoms with Crippen molar-refractivity contribution in [3.8, 4) is 11.1 Å². The predicted octanol–water partition coefficient (Wildman–Crippen LogP) is 8.69. The number of pyridine rings is 2. The van der Waals surface area contributed by atoms with E-state index in [4.69, 9.17) is 0 Å². The first-order valence-corrected chi connectivity index (χ1v) is 13.3. The number of fused-ring (bicyclic) bond motifs is 5. The summed E-state index contributed by atoms with van der Waals surface area (Å²) in [6.07, 6.45) is 3.28. The van der Waals surface area contributed by atoms with Crippen LogP contribution in [0.1, 0.15) is 37.5 Å². The quantitative estimate of drug-likeness (QED) is 0.133. The van der Waals surface area contributed by atoms with Crippen molar-refractivity contribution in [3.05, 3.63) is 95.7 Å². The minimum absolute atomic E-state index is 0.215. The molecule has 0 bridgehead atoms. The van der Waals surface area contributed by atoms with E-state index >= 15 is 0 Å². The van der Waals surface area contributed by atoms with Crippen molar-refractivity contribution < 1.29 is 4.57 Å². The van der Waals surface area contributed by atoms with Crippen LogP contribution in [-0.2, 0) is 13.5 Å². The molecule has 0 fully saturated rings. The lowest BCUT2D eigenvalue weighted by molar-refractivity contribution is -0.643. The summed E-state index contributed by atoms with van der Waals surface area (Å²) in [6, 6.07) is 27.3. The first kappa shape index (κ1) is 22.3. The van der Waals surface area contributed by atoms with Gasteiger partial charge in [-0.15, -0.1) is 0 Å². The molecule has 7 aromatic rings. The van der Waals surface area contributed by atoms with Crippen LogP contribution in [0.25, 0.3) is 60.1 Å². The lowest BCUT2D eigenvalue weighted by Crippen LogP contribution is -2.29. The molecule has 0 aliphatic rings. The van der Waals surface area contributed by atoms with E-state index in [1.165, 1.54) is 76.8 Å². The highest BCUT2D eigenvalue weighted by Gasteiger charge is 2.26. The molecule has 0 atom stereocenters. The zero-order valence-electron chi connectivity index (χ0n) is 22.6. The molecule has 3 heterocycles. The molecule has 182 valence electrons. The second-order valence-electron chi connectivity index (χ2n) is 12.1. The minimum Gasteiger partial charge on any atom is -0.307 e. The van der Waals surface area contributed by atoms with Crippen LogP contribution >= 0.6 is 0 Å². The fourth-order valence-electron chi connectivity index (χ4n) is 6.57. The number of hydrogen-bond acceptors (Lipinski definition) is 0. The van der Waals surface area contributed by atoms with Crippen LogP contribution in [0.4, 0.5) is 0 Å². The number of nitrogens with zero attached hydrogens (tertiary/aromatic N) is 2. The van der Waals surface area contributed by atoms with Crippen LogP contribution in [0.5, 0.6) is 0 Å². The van der Waals surface area contributed by atoms with Crippen LogP contribution in [0.2, 0.25) is 0 Å². The number of hydrogen-bond donors (Lipinski definition) is 0. The highest BCUT2D eigenvalue weighted by atomic mass is 15.0. The van der Waals surface area contributed by atoms with E-state index in [2.05, 4.69) is 130 Å². The summed E-state index contributed by atoms with van der Waals surface area (Å²) in [6.45, 7) is 11.5. The summed E-state index contributed by atoms with van der Waals surface area (Å²) >= 11 is 0. The van der Waals surface area contributed by atoms with E-state index in [1.54, 1.807) is 0 Å². The van der Waals surface area contributed by atoms with Crippen molar-refractivity contribution in [2.45, 2.75) is 41.0 Å². The van der Waals surface area contributed by atoms with E-state index in [9.17, 15) is 0 Å². The zero-order chi connectivity index (χ0) is 25.6.